The Morgan fingerprint density at radius 1 is 1.16 bits per heavy atom. The number of benzene rings is 1. The standard InChI is InChI=1S/C15H20N4/c1-10-6-11(2)13(12(3)7-10)9-18-14-4-5-17-15(8-16)19-14/h4-7H,8-9,16H2,1-3H3,(H,17,18,19). The summed E-state index contributed by atoms with van der Waals surface area (Å²) in [6, 6.07) is 6.27. The zero-order valence-corrected chi connectivity index (χ0v) is 11.7. The highest BCUT2D eigenvalue weighted by Crippen LogP contribution is 2.17. The third-order valence-corrected chi connectivity index (χ3v) is 3.17. The second-order valence-corrected chi connectivity index (χ2v) is 4.79. The molecule has 0 unspecified atom stereocenters. The first-order valence-electron chi connectivity index (χ1n) is 6.42. The average molecular weight is 256 g/mol. The zero-order chi connectivity index (χ0) is 13.8. The molecule has 0 atom stereocenters. The van der Waals surface area contributed by atoms with Crippen LogP contribution in [0.4, 0.5) is 5.82 Å². The molecular formula is C15H20N4. The second-order valence-electron chi connectivity index (χ2n) is 4.79. The third kappa shape index (κ3) is 3.29. The summed E-state index contributed by atoms with van der Waals surface area (Å²) in [6.45, 7) is 7.52. The molecule has 0 saturated carbocycles. The summed E-state index contributed by atoms with van der Waals surface area (Å²) in [5.41, 5.74) is 10.8. The van der Waals surface area contributed by atoms with Crippen molar-refractivity contribution in [1.29, 1.82) is 0 Å². The molecule has 0 saturated heterocycles. The Kier molecular flexibility index (Phi) is 4.12. The average Bonchev–Trinajstić information content (AvgIpc) is 2.37. The second kappa shape index (κ2) is 5.80. The molecule has 3 N–H and O–H groups in total. The van der Waals surface area contributed by atoms with Gasteiger partial charge in [0.1, 0.15) is 11.6 Å². The Hall–Kier alpha value is -1.94. The van der Waals surface area contributed by atoms with E-state index >= 15 is 0 Å². The Labute approximate surface area is 114 Å². The molecule has 0 bridgehead atoms. The van der Waals surface area contributed by atoms with E-state index in [4.69, 9.17) is 5.73 Å². The van der Waals surface area contributed by atoms with Gasteiger partial charge in [-0.3, -0.25) is 0 Å². The van der Waals surface area contributed by atoms with Crippen LogP contribution in [0.5, 0.6) is 0 Å². The summed E-state index contributed by atoms with van der Waals surface area (Å²) in [6.07, 6.45) is 1.73. The lowest BCUT2D eigenvalue weighted by Gasteiger charge is -2.13. The summed E-state index contributed by atoms with van der Waals surface area (Å²) in [5, 5.41) is 3.33. The fourth-order valence-corrected chi connectivity index (χ4v) is 2.26. The summed E-state index contributed by atoms with van der Waals surface area (Å²) in [5.74, 6) is 1.47. The van der Waals surface area contributed by atoms with Gasteiger partial charge in [0.25, 0.3) is 0 Å². The van der Waals surface area contributed by atoms with Crippen LogP contribution in [0.25, 0.3) is 0 Å². The van der Waals surface area contributed by atoms with E-state index in [2.05, 4.69) is 48.2 Å². The van der Waals surface area contributed by atoms with E-state index in [9.17, 15) is 0 Å². The van der Waals surface area contributed by atoms with Crippen molar-refractivity contribution in [3.05, 3.63) is 52.5 Å². The van der Waals surface area contributed by atoms with Gasteiger partial charge >= 0.3 is 0 Å². The minimum absolute atomic E-state index is 0.359. The van der Waals surface area contributed by atoms with Gasteiger partial charge in [-0.15, -0.1) is 0 Å². The van der Waals surface area contributed by atoms with Crippen LogP contribution in [0, 0.1) is 20.8 Å². The number of nitrogens with zero attached hydrogens (tertiary/aromatic N) is 2. The number of nitrogens with two attached hydrogens (primary N) is 1. The number of aryl methyl sites for hydroxylation is 3. The summed E-state index contributed by atoms with van der Waals surface area (Å²) < 4.78 is 0. The van der Waals surface area contributed by atoms with Gasteiger partial charge in [0.05, 0.1) is 6.54 Å². The maximum atomic E-state index is 5.54. The van der Waals surface area contributed by atoms with Gasteiger partial charge in [0, 0.05) is 12.7 Å². The van der Waals surface area contributed by atoms with Gasteiger partial charge < -0.3 is 11.1 Å². The monoisotopic (exact) mass is 256 g/mol. The van der Waals surface area contributed by atoms with Gasteiger partial charge in [-0.25, -0.2) is 9.97 Å². The number of hydrogen-bond acceptors (Lipinski definition) is 4. The van der Waals surface area contributed by atoms with Gasteiger partial charge in [-0.1, -0.05) is 17.7 Å². The molecule has 0 aliphatic carbocycles. The van der Waals surface area contributed by atoms with E-state index in [1.165, 1.54) is 22.3 Å². The van der Waals surface area contributed by atoms with Gasteiger partial charge in [-0.2, -0.15) is 0 Å². The minimum Gasteiger partial charge on any atom is -0.366 e. The predicted molar refractivity (Wildman–Crippen MR) is 77.9 cm³/mol. The topological polar surface area (TPSA) is 63.8 Å². The lowest BCUT2D eigenvalue weighted by molar-refractivity contribution is 0.903. The lowest BCUT2D eigenvalue weighted by Crippen LogP contribution is -2.08. The van der Waals surface area contributed by atoms with Crippen molar-refractivity contribution in [2.24, 2.45) is 5.73 Å². The highest BCUT2D eigenvalue weighted by atomic mass is 15.0. The van der Waals surface area contributed by atoms with E-state index in [0.717, 1.165) is 12.4 Å². The lowest BCUT2D eigenvalue weighted by atomic mass is 10.00. The molecule has 1 heterocycles. The normalized spacial score (nSPS) is 10.5. The Morgan fingerprint density at radius 3 is 2.47 bits per heavy atom. The van der Waals surface area contributed by atoms with Gasteiger partial charge in [0.2, 0.25) is 0 Å². The van der Waals surface area contributed by atoms with E-state index in [1.807, 2.05) is 6.07 Å². The number of anilines is 1. The summed E-state index contributed by atoms with van der Waals surface area (Å²) in [7, 11) is 0. The summed E-state index contributed by atoms with van der Waals surface area (Å²) in [4.78, 5) is 8.42. The first-order chi connectivity index (χ1) is 9.10. The molecule has 0 amide bonds. The van der Waals surface area contributed by atoms with Crippen molar-refractivity contribution in [2.45, 2.75) is 33.9 Å². The van der Waals surface area contributed by atoms with Crippen molar-refractivity contribution in [2.75, 3.05) is 5.32 Å². The van der Waals surface area contributed by atoms with Crippen molar-refractivity contribution in [3.63, 3.8) is 0 Å². The van der Waals surface area contributed by atoms with Crippen molar-refractivity contribution < 1.29 is 0 Å². The first-order valence-corrected chi connectivity index (χ1v) is 6.42. The van der Waals surface area contributed by atoms with E-state index < -0.39 is 0 Å². The zero-order valence-electron chi connectivity index (χ0n) is 11.7. The van der Waals surface area contributed by atoms with Gasteiger partial charge in [0.15, 0.2) is 0 Å². The first kappa shape index (κ1) is 13.5. The number of nitrogens with one attached hydrogen (secondary N) is 1. The molecule has 2 rings (SSSR count). The fraction of sp³-hybridized carbons (Fsp3) is 0.333. The van der Waals surface area contributed by atoms with Crippen LogP contribution in [-0.4, -0.2) is 9.97 Å². The van der Waals surface area contributed by atoms with Crippen LogP contribution >= 0.6 is 0 Å². The molecule has 4 heteroatoms. The Morgan fingerprint density at radius 2 is 1.84 bits per heavy atom. The summed E-state index contributed by atoms with van der Waals surface area (Å²) >= 11 is 0. The smallest absolute Gasteiger partial charge is 0.144 e. The van der Waals surface area contributed by atoms with E-state index in [0.29, 0.717) is 12.4 Å². The molecule has 19 heavy (non-hydrogen) atoms. The molecule has 0 radical (unpaired) electrons. The van der Waals surface area contributed by atoms with Crippen molar-refractivity contribution in [1.82, 2.24) is 9.97 Å². The molecule has 2 aromatic rings. The maximum absolute atomic E-state index is 5.54. The van der Waals surface area contributed by atoms with E-state index in [1.54, 1.807) is 6.20 Å². The number of hydrogen-bond donors (Lipinski definition) is 2. The molecule has 1 aromatic heterocycles. The molecule has 0 aliphatic rings. The van der Waals surface area contributed by atoms with Crippen molar-refractivity contribution in [3.8, 4) is 0 Å². The highest BCUT2D eigenvalue weighted by Gasteiger charge is 2.04. The van der Waals surface area contributed by atoms with Crippen LogP contribution in [0.1, 0.15) is 28.1 Å². The van der Waals surface area contributed by atoms with Crippen LogP contribution < -0.4 is 11.1 Å². The highest BCUT2D eigenvalue weighted by molar-refractivity contribution is 5.41. The van der Waals surface area contributed by atoms with E-state index in [-0.39, 0.29) is 0 Å². The predicted octanol–water partition coefficient (Wildman–Crippen LogP) is 2.47. The molecule has 1 aromatic carbocycles. The molecule has 0 aliphatic heterocycles. The fourth-order valence-electron chi connectivity index (χ4n) is 2.26. The number of aromatic nitrogens is 2. The van der Waals surface area contributed by atoms with Crippen LogP contribution in [0.2, 0.25) is 0 Å². The largest absolute Gasteiger partial charge is 0.366 e. The Balaban J connectivity index is 2.14. The van der Waals surface area contributed by atoms with Crippen LogP contribution in [0.3, 0.4) is 0 Å². The molecular weight excluding hydrogens is 236 g/mol. The number of rotatable bonds is 4. The van der Waals surface area contributed by atoms with Crippen LogP contribution in [-0.2, 0) is 13.1 Å². The molecule has 0 fully saturated rings. The molecule has 4 nitrogen and oxygen atoms in total. The van der Waals surface area contributed by atoms with Gasteiger partial charge in [-0.05, 0) is 43.5 Å². The maximum Gasteiger partial charge on any atom is 0.144 e. The van der Waals surface area contributed by atoms with Crippen molar-refractivity contribution >= 4 is 5.82 Å². The molecule has 100 valence electrons. The van der Waals surface area contributed by atoms with Crippen LogP contribution in [0.15, 0.2) is 24.4 Å². The Bertz CT molecular complexity index is 555. The third-order valence-electron chi connectivity index (χ3n) is 3.17. The molecule has 0 spiro atoms. The SMILES string of the molecule is Cc1cc(C)c(CNc2ccnc(CN)n2)c(C)c1. The quantitative estimate of drug-likeness (QED) is 0.882. The minimum atomic E-state index is 0.359.